The number of carbonyl (C=O) groups is 2. The van der Waals surface area contributed by atoms with E-state index in [4.69, 9.17) is 5.11 Å². The van der Waals surface area contributed by atoms with E-state index in [2.05, 4.69) is 12.2 Å². The first kappa shape index (κ1) is 15.9. The predicted molar refractivity (Wildman–Crippen MR) is 74.5 cm³/mol. The number of hydrogen-bond donors (Lipinski definition) is 2. The van der Waals surface area contributed by atoms with Crippen LogP contribution in [0.4, 0.5) is 14.9 Å². The molecule has 1 aromatic rings. The SMILES string of the molecule is CCCCCN(C)C(=O)Nc1cccc(F)c1C(=O)O. The van der Waals surface area contributed by atoms with Gasteiger partial charge in [-0.3, -0.25) is 0 Å². The highest BCUT2D eigenvalue weighted by molar-refractivity contribution is 6.00. The maximum Gasteiger partial charge on any atom is 0.340 e. The normalized spacial score (nSPS) is 10.2. The van der Waals surface area contributed by atoms with Crippen LogP contribution >= 0.6 is 0 Å². The Morgan fingerprint density at radius 3 is 2.65 bits per heavy atom. The van der Waals surface area contributed by atoms with Gasteiger partial charge >= 0.3 is 12.0 Å². The molecule has 0 saturated heterocycles. The first-order valence-corrected chi connectivity index (χ1v) is 6.51. The van der Waals surface area contributed by atoms with Crippen LogP contribution < -0.4 is 5.32 Å². The van der Waals surface area contributed by atoms with E-state index in [1.807, 2.05) is 0 Å². The number of unbranched alkanes of at least 4 members (excludes halogenated alkanes) is 2. The summed E-state index contributed by atoms with van der Waals surface area (Å²) in [5.74, 6) is -2.28. The number of aromatic carboxylic acids is 1. The average molecular weight is 282 g/mol. The second kappa shape index (κ2) is 7.47. The van der Waals surface area contributed by atoms with Crippen molar-refractivity contribution in [2.45, 2.75) is 26.2 Å². The minimum absolute atomic E-state index is 0.0372. The van der Waals surface area contributed by atoms with Gasteiger partial charge in [0.05, 0.1) is 5.69 Å². The van der Waals surface area contributed by atoms with Crippen LogP contribution in [0.5, 0.6) is 0 Å². The third-order valence-electron chi connectivity index (χ3n) is 2.91. The zero-order valence-corrected chi connectivity index (χ0v) is 11.6. The van der Waals surface area contributed by atoms with Gasteiger partial charge in [0.1, 0.15) is 11.4 Å². The van der Waals surface area contributed by atoms with E-state index in [9.17, 15) is 14.0 Å². The lowest BCUT2D eigenvalue weighted by molar-refractivity contribution is 0.0693. The van der Waals surface area contributed by atoms with Crippen molar-refractivity contribution in [3.8, 4) is 0 Å². The number of urea groups is 1. The summed E-state index contributed by atoms with van der Waals surface area (Å²) >= 11 is 0. The van der Waals surface area contributed by atoms with E-state index in [1.165, 1.54) is 17.0 Å². The summed E-state index contributed by atoms with van der Waals surface area (Å²) in [6.07, 6.45) is 2.93. The first-order valence-electron chi connectivity index (χ1n) is 6.51. The fourth-order valence-corrected chi connectivity index (χ4v) is 1.76. The summed E-state index contributed by atoms with van der Waals surface area (Å²) in [6.45, 7) is 2.63. The van der Waals surface area contributed by atoms with Gasteiger partial charge in [-0.2, -0.15) is 0 Å². The van der Waals surface area contributed by atoms with Crippen molar-refractivity contribution < 1.29 is 19.1 Å². The molecule has 1 rings (SSSR count). The number of anilines is 1. The molecule has 0 bridgehead atoms. The highest BCUT2D eigenvalue weighted by atomic mass is 19.1. The molecule has 2 amide bonds. The Labute approximate surface area is 117 Å². The fourth-order valence-electron chi connectivity index (χ4n) is 1.76. The van der Waals surface area contributed by atoms with Crippen molar-refractivity contribution in [3.63, 3.8) is 0 Å². The molecular weight excluding hydrogens is 263 g/mol. The predicted octanol–water partition coefficient (Wildman–Crippen LogP) is 3.18. The summed E-state index contributed by atoms with van der Waals surface area (Å²) in [5, 5.41) is 11.4. The molecule has 0 unspecified atom stereocenters. The third kappa shape index (κ3) is 4.22. The number of nitrogens with one attached hydrogen (secondary N) is 1. The number of benzene rings is 1. The lowest BCUT2D eigenvalue weighted by Gasteiger charge is -2.18. The van der Waals surface area contributed by atoms with E-state index >= 15 is 0 Å². The van der Waals surface area contributed by atoms with Crippen molar-refractivity contribution >= 4 is 17.7 Å². The Kier molecular flexibility index (Phi) is 5.96. The van der Waals surface area contributed by atoms with Gasteiger partial charge in [-0.05, 0) is 18.6 Å². The smallest absolute Gasteiger partial charge is 0.340 e. The number of carboxylic acids is 1. The van der Waals surface area contributed by atoms with Gasteiger partial charge in [0.2, 0.25) is 0 Å². The molecule has 6 heteroatoms. The maximum atomic E-state index is 13.5. The summed E-state index contributed by atoms with van der Waals surface area (Å²) in [5.41, 5.74) is -0.562. The van der Waals surface area contributed by atoms with Gasteiger partial charge in [0.15, 0.2) is 0 Å². The first-order chi connectivity index (χ1) is 9.47. The lowest BCUT2D eigenvalue weighted by Crippen LogP contribution is -2.32. The van der Waals surface area contributed by atoms with Crippen molar-refractivity contribution in [2.75, 3.05) is 18.9 Å². The van der Waals surface area contributed by atoms with E-state index in [0.717, 1.165) is 25.3 Å². The molecule has 110 valence electrons. The van der Waals surface area contributed by atoms with Crippen molar-refractivity contribution in [1.29, 1.82) is 0 Å². The molecule has 0 radical (unpaired) electrons. The molecule has 0 saturated carbocycles. The van der Waals surface area contributed by atoms with E-state index < -0.39 is 23.4 Å². The van der Waals surface area contributed by atoms with Crippen LogP contribution in [0.2, 0.25) is 0 Å². The van der Waals surface area contributed by atoms with Gasteiger partial charge in [0, 0.05) is 13.6 Å². The quantitative estimate of drug-likeness (QED) is 0.787. The van der Waals surface area contributed by atoms with E-state index in [-0.39, 0.29) is 5.69 Å². The molecule has 0 aliphatic rings. The standard InChI is InChI=1S/C14H19FN2O3/c1-3-4-5-9-17(2)14(20)16-11-8-6-7-10(15)12(11)13(18)19/h6-8H,3-5,9H2,1-2H3,(H,16,20)(H,18,19). The summed E-state index contributed by atoms with van der Waals surface area (Å²) in [6, 6.07) is 3.32. The molecule has 0 heterocycles. The minimum atomic E-state index is -1.41. The maximum absolute atomic E-state index is 13.5. The van der Waals surface area contributed by atoms with Gasteiger partial charge in [-0.25, -0.2) is 14.0 Å². The topological polar surface area (TPSA) is 69.6 Å². The molecule has 0 fully saturated rings. The van der Waals surface area contributed by atoms with Crippen LogP contribution in [0.3, 0.4) is 0 Å². The largest absolute Gasteiger partial charge is 0.478 e. The number of nitrogens with zero attached hydrogens (tertiary/aromatic N) is 1. The molecule has 0 aromatic heterocycles. The number of carbonyl (C=O) groups excluding carboxylic acids is 1. The van der Waals surface area contributed by atoms with Gasteiger partial charge in [0.25, 0.3) is 0 Å². The van der Waals surface area contributed by atoms with Crippen molar-refractivity contribution in [2.24, 2.45) is 0 Å². The highest BCUT2D eigenvalue weighted by Crippen LogP contribution is 2.19. The van der Waals surface area contributed by atoms with Gasteiger partial charge in [-0.15, -0.1) is 0 Å². The van der Waals surface area contributed by atoms with Gasteiger partial charge < -0.3 is 15.3 Å². The lowest BCUT2D eigenvalue weighted by atomic mass is 10.1. The van der Waals surface area contributed by atoms with Crippen LogP contribution in [0.1, 0.15) is 36.5 Å². The van der Waals surface area contributed by atoms with Crippen LogP contribution in [-0.2, 0) is 0 Å². The molecule has 2 N–H and O–H groups in total. The summed E-state index contributed by atoms with van der Waals surface area (Å²) in [7, 11) is 1.62. The Balaban J connectivity index is 2.75. The number of rotatable bonds is 6. The highest BCUT2D eigenvalue weighted by Gasteiger charge is 2.18. The summed E-state index contributed by atoms with van der Waals surface area (Å²) in [4.78, 5) is 24.3. The molecule has 0 aliphatic carbocycles. The van der Waals surface area contributed by atoms with E-state index in [0.29, 0.717) is 6.54 Å². The Hall–Kier alpha value is -2.11. The van der Waals surface area contributed by atoms with Gasteiger partial charge in [-0.1, -0.05) is 25.8 Å². The Morgan fingerprint density at radius 1 is 1.35 bits per heavy atom. The third-order valence-corrected chi connectivity index (χ3v) is 2.91. The molecule has 0 atom stereocenters. The fraction of sp³-hybridized carbons (Fsp3) is 0.429. The molecule has 0 spiro atoms. The monoisotopic (exact) mass is 282 g/mol. The molecule has 5 nitrogen and oxygen atoms in total. The molecular formula is C14H19FN2O3. The van der Waals surface area contributed by atoms with E-state index in [1.54, 1.807) is 7.05 Å². The second-order valence-corrected chi connectivity index (χ2v) is 4.53. The molecule has 1 aromatic carbocycles. The number of amides is 2. The molecule has 20 heavy (non-hydrogen) atoms. The second-order valence-electron chi connectivity index (χ2n) is 4.53. The number of carboxylic acid groups (broad SMARTS) is 1. The van der Waals surface area contributed by atoms with Crippen molar-refractivity contribution in [1.82, 2.24) is 4.90 Å². The van der Waals surface area contributed by atoms with Crippen LogP contribution in [0.25, 0.3) is 0 Å². The summed E-state index contributed by atoms with van der Waals surface area (Å²) < 4.78 is 13.5. The Morgan fingerprint density at radius 2 is 2.05 bits per heavy atom. The zero-order chi connectivity index (χ0) is 15.1. The zero-order valence-electron chi connectivity index (χ0n) is 11.6. The number of hydrogen-bond acceptors (Lipinski definition) is 2. The van der Waals surface area contributed by atoms with Crippen LogP contribution in [0.15, 0.2) is 18.2 Å². The van der Waals surface area contributed by atoms with Crippen molar-refractivity contribution in [3.05, 3.63) is 29.6 Å². The molecule has 0 aliphatic heterocycles. The minimum Gasteiger partial charge on any atom is -0.478 e. The number of halogens is 1. The van der Waals surface area contributed by atoms with Crippen LogP contribution in [0, 0.1) is 5.82 Å². The Bertz CT molecular complexity index is 491. The average Bonchev–Trinajstić information content (AvgIpc) is 2.38. The van der Waals surface area contributed by atoms with Crippen LogP contribution in [-0.4, -0.2) is 35.6 Å².